The number of hydrogen-bond donors (Lipinski definition) is 1. The third kappa shape index (κ3) is 5.60. The van der Waals surface area contributed by atoms with E-state index in [-0.39, 0.29) is 5.91 Å². The predicted octanol–water partition coefficient (Wildman–Crippen LogP) is 4.40. The lowest BCUT2D eigenvalue weighted by Gasteiger charge is -2.12. The van der Waals surface area contributed by atoms with Crippen LogP contribution in [0.15, 0.2) is 59.3 Å². The second kappa shape index (κ2) is 10.1. The van der Waals surface area contributed by atoms with Crippen LogP contribution in [0, 0.1) is 0 Å². The standard InChI is InChI=1S/C22H24BrN3O3/c1-3-28-20-10-5-16(13-21(20)29-4-2)11-12-24-22(27)17-14-25-26(15-17)19-8-6-18(23)7-9-19/h5-10,13-15H,3-4,11-12H2,1-2H3,(H,24,27). The molecule has 0 spiro atoms. The second-order valence-corrected chi connectivity index (χ2v) is 7.22. The SMILES string of the molecule is CCOc1ccc(CCNC(=O)c2cnn(-c3ccc(Br)cc3)c2)cc1OCC. The first-order chi connectivity index (χ1) is 14.1. The quantitative estimate of drug-likeness (QED) is 0.516. The Balaban J connectivity index is 1.57. The molecule has 3 rings (SSSR count). The number of amides is 1. The summed E-state index contributed by atoms with van der Waals surface area (Å²) in [6, 6.07) is 13.6. The van der Waals surface area contributed by atoms with Gasteiger partial charge in [0.15, 0.2) is 11.5 Å². The Labute approximate surface area is 179 Å². The molecular formula is C22H24BrN3O3. The monoisotopic (exact) mass is 457 g/mol. The van der Waals surface area contributed by atoms with Crippen LogP contribution >= 0.6 is 15.9 Å². The molecular weight excluding hydrogens is 434 g/mol. The van der Waals surface area contributed by atoms with Gasteiger partial charge in [0.1, 0.15) is 0 Å². The number of aromatic nitrogens is 2. The molecule has 0 atom stereocenters. The highest BCUT2D eigenvalue weighted by atomic mass is 79.9. The van der Waals surface area contributed by atoms with Crippen molar-refractivity contribution < 1.29 is 14.3 Å². The van der Waals surface area contributed by atoms with Crippen LogP contribution in [0.25, 0.3) is 5.69 Å². The van der Waals surface area contributed by atoms with Crippen LogP contribution in [0.3, 0.4) is 0 Å². The lowest BCUT2D eigenvalue weighted by atomic mass is 10.1. The first-order valence-electron chi connectivity index (χ1n) is 9.58. The predicted molar refractivity (Wildman–Crippen MR) is 116 cm³/mol. The average molecular weight is 458 g/mol. The van der Waals surface area contributed by atoms with E-state index in [1.807, 2.05) is 56.3 Å². The van der Waals surface area contributed by atoms with Gasteiger partial charge in [-0.1, -0.05) is 22.0 Å². The van der Waals surface area contributed by atoms with Crippen molar-refractivity contribution in [2.45, 2.75) is 20.3 Å². The van der Waals surface area contributed by atoms with Crippen LogP contribution in [-0.2, 0) is 6.42 Å². The summed E-state index contributed by atoms with van der Waals surface area (Å²) in [5.74, 6) is 1.32. The smallest absolute Gasteiger partial charge is 0.254 e. The molecule has 7 heteroatoms. The summed E-state index contributed by atoms with van der Waals surface area (Å²) < 4.78 is 13.9. The third-order valence-corrected chi connectivity index (χ3v) is 4.77. The van der Waals surface area contributed by atoms with Crippen molar-refractivity contribution >= 4 is 21.8 Å². The van der Waals surface area contributed by atoms with Crippen LogP contribution in [0.1, 0.15) is 29.8 Å². The van der Waals surface area contributed by atoms with Crippen molar-refractivity contribution in [1.29, 1.82) is 0 Å². The van der Waals surface area contributed by atoms with E-state index in [0.29, 0.717) is 31.7 Å². The van der Waals surface area contributed by atoms with Gasteiger partial charge >= 0.3 is 0 Å². The second-order valence-electron chi connectivity index (χ2n) is 6.30. The Hall–Kier alpha value is -2.80. The van der Waals surface area contributed by atoms with Gasteiger partial charge in [-0.15, -0.1) is 0 Å². The van der Waals surface area contributed by atoms with Crippen LogP contribution in [0.5, 0.6) is 11.5 Å². The van der Waals surface area contributed by atoms with Gasteiger partial charge in [0.25, 0.3) is 5.91 Å². The molecule has 0 aliphatic carbocycles. The highest BCUT2D eigenvalue weighted by molar-refractivity contribution is 9.10. The molecule has 6 nitrogen and oxygen atoms in total. The van der Waals surface area contributed by atoms with Gasteiger partial charge in [0.05, 0.1) is 30.7 Å². The molecule has 1 amide bonds. The molecule has 0 radical (unpaired) electrons. The summed E-state index contributed by atoms with van der Waals surface area (Å²) in [4.78, 5) is 12.4. The molecule has 0 saturated heterocycles. The van der Waals surface area contributed by atoms with Crippen molar-refractivity contribution in [3.05, 3.63) is 70.5 Å². The number of nitrogens with one attached hydrogen (secondary N) is 1. The molecule has 29 heavy (non-hydrogen) atoms. The zero-order chi connectivity index (χ0) is 20.6. The minimum Gasteiger partial charge on any atom is -0.490 e. The number of ether oxygens (including phenoxy) is 2. The topological polar surface area (TPSA) is 65.4 Å². The maximum atomic E-state index is 12.4. The number of halogens is 1. The van der Waals surface area contributed by atoms with Gasteiger partial charge in [-0.25, -0.2) is 4.68 Å². The van der Waals surface area contributed by atoms with Crippen LogP contribution in [0.2, 0.25) is 0 Å². The zero-order valence-corrected chi connectivity index (χ0v) is 18.1. The Bertz CT molecular complexity index is 954. The molecule has 0 aliphatic rings. The first-order valence-corrected chi connectivity index (χ1v) is 10.4. The molecule has 3 aromatic rings. The van der Waals surface area contributed by atoms with Crippen molar-refractivity contribution in [1.82, 2.24) is 15.1 Å². The largest absolute Gasteiger partial charge is 0.490 e. The van der Waals surface area contributed by atoms with E-state index in [2.05, 4.69) is 26.3 Å². The van der Waals surface area contributed by atoms with Crippen molar-refractivity contribution in [3.8, 4) is 17.2 Å². The number of benzene rings is 2. The molecule has 0 unspecified atom stereocenters. The normalized spacial score (nSPS) is 10.6. The zero-order valence-electron chi connectivity index (χ0n) is 16.5. The third-order valence-electron chi connectivity index (χ3n) is 4.24. The molecule has 152 valence electrons. The highest BCUT2D eigenvalue weighted by Gasteiger charge is 2.10. The van der Waals surface area contributed by atoms with Gasteiger partial charge < -0.3 is 14.8 Å². The Kier molecular flexibility index (Phi) is 7.30. The number of carbonyl (C=O) groups excluding carboxylic acids is 1. The maximum absolute atomic E-state index is 12.4. The van der Waals surface area contributed by atoms with Gasteiger partial charge in [-0.05, 0) is 62.2 Å². The number of rotatable bonds is 9. The maximum Gasteiger partial charge on any atom is 0.254 e. The minimum absolute atomic E-state index is 0.149. The molecule has 0 saturated carbocycles. The van der Waals surface area contributed by atoms with Crippen molar-refractivity contribution in [2.75, 3.05) is 19.8 Å². The number of nitrogens with zero attached hydrogens (tertiary/aromatic N) is 2. The fourth-order valence-electron chi connectivity index (χ4n) is 2.85. The summed E-state index contributed by atoms with van der Waals surface area (Å²) in [7, 11) is 0. The van der Waals surface area contributed by atoms with Gasteiger partial charge in [0.2, 0.25) is 0 Å². The lowest BCUT2D eigenvalue weighted by Crippen LogP contribution is -2.25. The van der Waals surface area contributed by atoms with Crippen LogP contribution in [0.4, 0.5) is 0 Å². The average Bonchev–Trinajstić information content (AvgIpc) is 3.21. The molecule has 1 N–H and O–H groups in total. The van der Waals surface area contributed by atoms with E-state index in [1.165, 1.54) is 0 Å². The van der Waals surface area contributed by atoms with Gasteiger partial charge in [-0.2, -0.15) is 5.10 Å². The fourth-order valence-corrected chi connectivity index (χ4v) is 3.11. The van der Waals surface area contributed by atoms with E-state index in [9.17, 15) is 4.79 Å². The summed E-state index contributed by atoms with van der Waals surface area (Å²) in [6.07, 6.45) is 3.99. The first kappa shape index (κ1) is 20.9. The van der Waals surface area contributed by atoms with Crippen molar-refractivity contribution in [2.24, 2.45) is 0 Å². The molecule has 0 fully saturated rings. The van der Waals surface area contributed by atoms with Gasteiger partial charge in [0, 0.05) is 17.2 Å². The number of carbonyl (C=O) groups is 1. The van der Waals surface area contributed by atoms with Crippen LogP contribution < -0.4 is 14.8 Å². The summed E-state index contributed by atoms with van der Waals surface area (Å²) in [5.41, 5.74) is 2.49. The highest BCUT2D eigenvalue weighted by Crippen LogP contribution is 2.28. The summed E-state index contributed by atoms with van der Waals surface area (Å²) in [6.45, 7) is 5.56. The van der Waals surface area contributed by atoms with E-state index in [0.717, 1.165) is 27.2 Å². The van der Waals surface area contributed by atoms with Crippen LogP contribution in [-0.4, -0.2) is 35.4 Å². The Morgan fingerprint density at radius 3 is 2.52 bits per heavy atom. The van der Waals surface area contributed by atoms with E-state index in [4.69, 9.17) is 9.47 Å². The molecule has 1 heterocycles. The van der Waals surface area contributed by atoms with Crippen molar-refractivity contribution in [3.63, 3.8) is 0 Å². The Morgan fingerprint density at radius 2 is 1.79 bits per heavy atom. The van der Waals surface area contributed by atoms with E-state index in [1.54, 1.807) is 17.1 Å². The number of hydrogen-bond acceptors (Lipinski definition) is 4. The van der Waals surface area contributed by atoms with E-state index < -0.39 is 0 Å². The fraction of sp³-hybridized carbons (Fsp3) is 0.273. The molecule has 2 aromatic carbocycles. The minimum atomic E-state index is -0.149. The van der Waals surface area contributed by atoms with E-state index >= 15 is 0 Å². The lowest BCUT2D eigenvalue weighted by molar-refractivity contribution is 0.0954. The summed E-state index contributed by atoms with van der Waals surface area (Å²) in [5, 5.41) is 7.21. The summed E-state index contributed by atoms with van der Waals surface area (Å²) >= 11 is 3.41. The molecule has 1 aromatic heterocycles. The Morgan fingerprint density at radius 1 is 1.07 bits per heavy atom. The van der Waals surface area contributed by atoms with Gasteiger partial charge in [-0.3, -0.25) is 4.79 Å². The molecule has 0 aliphatic heterocycles. The molecule has 0 bridgehead atoms.